The SMILES string of the molecule is CC1(CNc2cc(C(=O)O)c(N)cn2)CCCS1. The largest absolute Gasteiger partial charge is 0.478 e. The van der Waals surface area contributed by atoms with E-state index in [1.165, 1.54) is 30.9 Å². The van der Waals surface area contributed by atoms with Crippen LogP contribution in [0.1, 0.15) is 30.1 Å². The molecule has 5 nitrogen and oxygen atoms in total. The molecule has 0 bridgehead atoms. The van der Waals surface area contributed by atoms with Crippen LogP contribution in [0.25, 0.3) is 0 Å². The molecule has 2 heterocycles. The lowest BCUT2D eigenvalue weighted by Crippen LogP contribution is -2.27. The highest BCUT2D eigenvalue weighted by Gasteiger charge is 2.29. The summed E-state index contributed by atoms with van der Waals surface area (Å²) in [4.78, 5) is 15.1. The van der Waals surface area contributed by atoms with E-state index in [4.69, 9.17) is 10.8 Å². The zero-order valence-electron chi connectivity index (χ0n) is 10.3. The van der Waals surface area contributed by atoms with Crippen LogP contribution in [0.5, 0.6) is 0 Å². The molecule has 1 saturated heterocycles. The first-order valence-corrected chi connectivity index (χ1v) is 6.85. The fourth-order valence-electron chi connectivity index (χ4n) is 2.00. The van der Waals surface area contributed by atoms with E-state index < -0.39 is 5.97 Å². The molecule has 1 atom stereocenters. The van der Waals surface area contributed by atoms with E-state index in [-0.39, 0.29) is 16.0 Å². The molecule has 4 N–H and O–H groups in total. The second kappa shape index (κ2) is 5.06. The zero-order chi connectivity index (χ0) is 13.2. The predicted octanol–water partition coefficient (Wildman–Crippen LogP) is 2.06. The van der Waals surface area contributed by atoms with Gasteiger partial charge < -0.3 is 16.2 Å². The van der Waals surface area contributed by atoms with Crippen molar-refractivity contribution < 1.29 is 9.90 Å². The molecule has 2 rings (SSSR count). The first-order chi connectivity index (χ1) is 8.50. The predicted molar refractivity (Wildman–Crippen MR) is 74.2 cm³/mol. The van der Waals surface area contributed by atoms with Gasteiger partial charge in [-0.1, -0.05) is 0 Å². The van der Waals surface area contributed by atoms with Crippen LogP contribution in [0, 0.1) is 0 Å². The molecule has 1 aromatic heterocycles. The minimum Gasteiger partial charge on any atom is -0.478 e. The summed E-state index contributed by atoms with van der Waals surface area (Å²) in [6, 6.07) is 1.49. The lowest BCUT2D eigenvalue weighted by atomic mass is 10.1. The Morgan fingerprint density at radius 2 is 2.50 bits per heavy atom. The molecular weight excluding hydrogens is 250 g/mol. The number of rotatable bonds is 4. The Labute approximate surface area is 110 Å². The minimum absolute atomic E-state index is 0.0942. The second-order valence-electron chi connectivity index (χ2n) is 4.72. The number of pyridine rings is 1. The van der Waals surface area contributed by atoms with Crippen molar-refractivity contribution in [3.05, 3.63) is 17.8 Å². The summed E-state index contributed by atoms with van der Waals surface area (Å²) in [6.45, 7) is 3.00. The molecule has 1 aliphatic rings. The van der Waals surface area contributed by atoms with Crippen molar-refractivity contribution in [3.8, 4) is 0 Å². The lowest BCUT2D eigenvalue weighted by Gasteiger charge is -2.23. The Morgan fingerprint density at radius 1 is 1.72 bits per heavy atom. The maximum atomic E-state index is 11.0. The number of hydrogen-bond donors (Lipinski definition) is 3. The number of nitrogens with one attached hydrogen (secondary N) is 1. The van der Waals surface area contributed by atoms with Gasteiger partial charge in [-0.15, -0.1) is 0 Å². The van der Waals surface area contributed by atoms with Gasteiger partial charge in [-0.25, -0.2) is 9.78 Å². The Hall–Kier alpha value is -1.43. The van der Waals surface area contributed by atoms with Gasteiger partial charge in [-0.05, 0) is 31.6 Å². The van der Waals surface area contributed by atoms with Crippen molar-refractivity contribution in [2.24, 2.45) is 0 Å². The number of carboxylic acid groups (broad SMARTS) is 1. The smallest absolute Gasteiger partial charge is 0.337 e. The quantitative estimate of drug-likeness (QED) is 0.774. The topological polar surface area (TPSA) is 88.2 Å². The van der Waals surface area contributed by atoms with Gasteiger partial charge in [0.05, 0.1) is 17.4 Å². The van der Waals surface area contributed by atoms with Gasteiger partial charge >= 0.3 is 5.97 Å². The number of carbonyl (C=O) groups is 1. The number of nitrogen functional groups attached to an aromatic ring is 1. The number of nitrogens with two attached hydrogens (primary N) is 1. The Kier molecular flexibility index (Phi) is 3.65. The number of carboxylic acids is 1. The van der Waals surface area contributed by atoms with E-state index in [2.05, 4.69) is 17.2 Å². The van der Waals surface area contributed by atoms with E-state index in [0.29, 0.717) is 5.82 Å². The van der Waals surface area contributed by atoms with Crippen LogP contribution < -0.4 is 11.1 Å². The highest BCUT2D eigenvalue weighted by atomic mass is 32.2. The van der Waals surface area contributed by atoms with E-state index in [1.807, 2.05) is 11.8 Å². The van der Waals surface area contributed by atoms with Crippen LogP contribution in [0.4, 0.5) is 11.5 Å². The molecule has 0 amide bonds. The number of aromatic carboxylic acids is 1. The molecule has 0 spiro atoms. The zero-order valence-corrected chi connectivity index (χ0v) is 11.1. The van der Waals surface area contributed by atoms with Crippen molar-refractivity contribution in [2.75, 3.05) is 23.3 Å². The molecule has 18 heavy (non-hydrogen) atoms. The molecule has 1 aliphatic heterocycles. The fourth-order valence-corrected chi connectivity index (χ4v) is 3.25. The van der Waals surface area contributed by atoms with Gasteiger partial charge in [0.2, 0.25) is 0 Å². The highest BCUT2D eigenvalue weighted by molar-refractivity contribution is 8.00. The van der Waals surface area contributed by atoms with Crippen LogP contribution in [0.2, 0.25) is 0 Å². The van der Waals surface area contributed by atoms with Gasteiger partial charge in [0.15, 0.2) is 0 Å². The van der Waals surface area contributed by atoms with E-state index in [9.17, 15) is 4.79 Å². The van der Waals surface area contributed by atoms with Gasteiger partial charge in [0.1, 0.15) is 5.82 Å². The number of aromatic nitrogens is 1. The van der Waals surface area contributed by atoms with Crippen LogP contribution in [0.15, 0.2) is 12.3 Å². The summed E-state index contributed by atoms with van der Waals surface area (Å²) in [6.07, 6.45) is 3.79. The van der Waals surface area contributed by atoms with Gasteiger partial charge in [-0.3, -0.25) is 0 Å². The van der Waals surface area contributed by atoms with Crippen molar-refractivity contribution in [1.82, 2.24) is 4.98 Å². The molecule has 0 saturated carbocycles. The molecule has 0 aliphatic carbocycles. The first-order valence-electron chi connectivity index (χ1n) is 5.87. The summed E-state index contributed by atoms with van der Waals surface area (Å²) in [7, 11) is 0. The van der Waals surface area contributed by atoms with Crippen molar-refractivity contribution >= 4 is 29.2 Å². The third-order valence-electron chi connectivity index (χ3n) is 3.11. The standard InChI is InChI=1S/C12H17N3O2S/c1-12(3-2-4-18-12)7-15-10-5-8(11(16)17)9(13)6-14-10/h5-6H,2-4,7,13H2,1H3,(H,14,15)(H,16,17). The average Bonchev–Trinajstić information content (AvgIpc) is 2.75. The van der Waals surface area contributed by atoms with Crippen molar-refractivity contribution in [2.45, 2.75) is 24.5 Å². The number of nitrogens with zero attached hydrogens (tertiary/aromatic N) is 1. The second-order valence-corrected chi connectivity index (χ2v) is 6.40. The molecule has 98 valence electrons. The normalized spacial score (nSPS) is 22.9. The monoisotopic (exact) mass is 267 g/mol. The Balaban J connectivity index is 2.05. The third-order valence-corrected chi connectivity index (χ3v) is 4.65. The van der Waals surface area contributed by atoms with E-state index >= 15 is 0 Å². The Morgan fingerprint density at radius 3 is 3.11 bits per heavy atom. The fraction of sp³-hybridized carbons (Fsp3) is 0.500. The molecular formula is C12H17N3O2S. The van der Waals surface area contributed by atoms with Gasteiger partial charge in [0, 0.05) is 11.3 Å². The summed E-state index contributed by atoms with van der Waals surface area (Å²) in [5.41, 5.74) is 5.84. The molecule has 1 fully saturated rings. The van der Waals surface area contributed by atoms with Crippen LogP contribution >= 0.6 is 11.8 Å². The highest BCUT2D eigenvalue weighted by Crippen LogP contribution is 2.37. The van der Waals surface area contributed by atoms with Gasteiger partial charge in [0.25, 0.3) is 0 Å². The van der Waals surface area contributed by atoms with Crippen molar-refractivity contribution in [3.63, 3.8) is 0 Å². The molecule has 1 aromatic rings. The van der Waals surface area contributed by atoms with Crippen LogP contribution in [-0.2, 0) is 0 Å². The molecule has 1 unspecified atom stereocenters. The maximum absolute atomic E-state index is 11.0. The summed E-state index contributed by atoms with van der Waals surface area (Å²) in [5, 5.41) is 12.2. The maximum Gasteiger partial charge on any atom is 0.337 e. The van der Waals surface area contributed by atoms with Crippen LogP contribution in [-0.4, -0.2) is 33.1 Å². The summed E-state index contributed by atoms with van der Waals surface area (Å²) >= 11 is 1.95. The van der Waals surface area contributed by atoms with Crippen LogP contribution in [0.3, 0.4) is 0 Å². The first kappa shape index (κ1) is 13.0. The van der Waals surface area contributed by atoms with Crippen molar-refractivity contribution in [1.29, 1.82) is 0 Å². The molecule has 0 aromatic carbocycles. The van der Waals surface area contributed by atoms with Gasteiger partial charge in [-0.2, -0.15) is 11.8 Å². The lowest BCUT2D eigenvalue weighted by molar-refractivity contribution is 0.0698. The summed E-state index contributed by atoms with van der Waals surface area (Å²) in [5.74, 6) is 0.725. The number of thioether (sulfide) groups is 1. The number of anilines is 2. The minimum atomic E-state index is -1.03. The van der Waals surface area contributed by atoms with E-state index in [0.717, 1.165) is 6.54 Å². The number of hydrogen-bond acceptors (Lipinski definition) is 5. The molecule has 6 heteroatoms. The summed E-state index contributed by atoms with van der Waals surface area (Å²) < 4.78 is 0.215. The molecule has 0 radical (unpaired) electrons. The average molecular weight is 267 g/mol. The van der Waals surface area contributed by atoms with E-state index in [1.54, 1.807) is 0 Å². The third kappa shape index (κ3) is 2.87. The Bertz CT molecular complexity index is 459.